The van der Waals surface area contributed by atoms with Crippen molar-refractivity contribution < 1.29 is 27.9 Å². The Labute approximate surface area is 134 Å². The number of esters is 1. The van der Waals surface area contributed by atoms with E-state index in [4.69, 9.17) is 9.84 Å². The standard InChI is InChI=1S/C15H19NO6S/c1-10(13(17)18)16(2)23(20,21)12-6-4-11(5-7-12)15(8-9-15)14(19)22-3/h4-7,10H,8-9H2,1-3H3,(H,17,18). The first-order valence-electron chi connectivity index (χ1n) is 7.06. The Morgan fingerprint density at radius 1 is 1.26 bits per heavy atom. The van der Waals surface area contributed by atoms with Crippen molar-refractivity contribution in [3.63, 3.8) is 0 Å². The van der Waals surface area contributed by atoms with E-state index in [-0.39, 0.29) is 10.9 Å². The van der Waals surface area contributed by atoms with Crippen molar-refractivity contribution in [3.05, 3.63) is 29.8 Å². The highest BCUT2D eigenvalue weighted by atomic mass is 32.2. The number of nitrogens with zero attached hydrogens (tertiary/aromatic N) is 1. The van der Waals surface area contributed by atoms with Crippen LogP contribution in [0.25, 0.3) is 0 Å². The molecule has 0 radical (unpaired) electrons. The van der Waals surface area contributed by atoms with Gasteiger partial charge < -0.3 is 9.84 Å². The van der Waals surface area contributed by atoms with Gasteiger partial charge in [0, 0.05) is 7.05 Å². The van der Waals surface area contributed by atoms with E-state index in [0.717, 1.165) is 4.31 Å². The first kappa shape index (κ1) is 17.4. The average molecular weight is 341 g/mol. The molecule has 2 rings (SSSR count). The molecule has 1 fully saturated rings. The summed E-state index contributed by atoms with van der Waals surface area (Å²) in [6, 6.07) is 4.76. The number of hydrogen-bond donors (Lipinski definition) is 1. The molecule has 126 valence electrons. The number of sulfonamides is 1. The number of aliphatic carboxylic acids is 1. The molecule has 0 heterocycles. The van der Waals surface area contributed by atoms with E-state index in [1.807, 2.05) is 0 Å². The van der Waals surface area contributed by atoms with Crippen molar-refractivity contribution in [3.8, 4) is 0 Å². The minimum Gasteiger partial charge on any atom is -0.480 e. The topological polar surface area (TPSA) is 101 Å². The molecule has 1 aromatic rings. The lowest BCUT2D eigenvalue weighted by Gasteiger charge is -2.21. The van der Waals surface area contributed by atoms with Gasteiger partial charge in [-0.3, -0.25) is 9.59 Å². The van der Waals surface area contributed by atoms with E-state index >= 15 is 0 Å². The van der Waals surface area contributed by atoms with Crippen molar-refractivity contribution in [2.24, 2.45) is 0 Å². The minimum atomic E-state index is -3.91. The summed E-state index contributed by atoms with van der Waals surface area (Å²) in [5, 5.41) is 8.95. The van der Waals surface area contributed by atoms with Crippen molar-refractivity contribution in [2.45, 2.75) is 36.1 Å². The predicted octanol–water partition coefficient (Wildman–Crippen LogP) is 0.985. The molecule has 7 nitrogen and oxygen atoms in total. The van der Waals surface area contributed by atoms with E-state index < -0.39 is 27.4 Å². The molecule has 1 saturated carbocycles. The zero-order chi connectivity index (χ0) is 17.4. The van der Waals surface area contributed by atoms with Crippen LogP contribution in [0.5, 0.6) is 0 Å². The van der Waals surface area contributed by atoms with Crippen LogP contribution in [-0.4, -0.2) is 50.0 Å². The molecule has 0 saturated heterocycles. The normalized spacial score (nSPS) is 17.6. The quantitative estimate of drug-likeness (QED) is 0.774. The minimum absolute atomic E-state index is 0.0162. The summed E-state index contributed by atoms with van der Waals surface area (Å²) in [4.78, 5) is 22.8. The zero-order valence-electron chi connectivity index (χ0n) is 13.1. The van der Waals surface area contributed by atoms with Gasteiger partial charge in [-0.15, -0.1) is 0 Å². The first-order valence-corrected chi connectivity index (χ1v) is 8.50. The Morgan fingerprint density at radius 3 is 2.17 bits per heavy atom. The smallest absolute Gasteiger partial charge is 0.321 e. The largest absolute Gasteiger partial charge is 0.480 e. The van der Waals surface area contributed by atoms with Gasteiger partial charge in [0.25, 0.3) is 0 Å². The van der Waals surface area contributed by atoms with Crippen molar-refractivity contribution >= 4 is 22.0 Å². The number of carbonyl (C=O) groups is 2. The number of carbonyl (C=O) groups excluding carboxylic acids is 1. The summed E-state index contributed by atoms with van der Waals surface area (Å²) in [5.41, 5.74) is 0.0364. The molecular weight excluding hydrogens is 322 g/mol. The van der Waals surface area contributed by atoms with Gasteiger partial charge in [0.1, 0.15) is 6.04 Å². The van der Waals surface area contributed by atoms with Gasteiger partial charge in [0.15, 0.2) is 0 Å². The fraction of sp³-hybridized carbons (Fsp3) is 0.467. The summed E-state index contributed by atoms with van der Waals surface area (Å²) < 4.78 is 30.4. The van der Waals surface area contributed by atoms with E-state index in [9.17, 15) is 18.0 Å². The third-order valence-electron chi connectivity index (χ3n) is 4.31. The van der Waals surface area contributed by atoms with E-state index in [0.29, 0.717) is 18.4 Å². The molecule has 0 spiro atoms. The molecule has 1 aliphatic rings. The third-order valence-corrected chi connectivity index (χ3v) is 6.26. The maximum Gasteiger partial charge on any atom is 0.321 e. The Hall–Kier alpha value is -1.93. The van der Waals surface area contributed by atoms with Crippen LogP contribution < -0.4 is 0 Å². The Kier molecular flexibility index (Phi) is 4.50. The average Bonchev–Trinajstić information content (AvgIpc) is 3.34. The van der Waals surface area contributed by atoms with Gasteiger partial charge >= 0.3 is 11.9 Å². The molecule has 1 atom stereocenters. The fourth-order valence-electron chi connectivity index (χ4n) is 2.41. The highest BCUT2D eigenvalue weighted by molar-refractivity contribution is 7.89. The van der Waals surface area contributed by atoms with Crippen molar-refractivity contribution in [1.29, 1.82) is 0 Å². The summed E-state index contributed by atoms with van der Waals surface area (Å²) in [6.07, 6.45) is 1.34. The highest BCUT2D eigenvalue weighted by Gasteiger charge is 2.52. The number of likely N-dealkylation sites (N-methyl/N-ethyl adjacent to an activating group) is 1. The lowest BCUT2D eigenvalue weighted by atomic mass is 9.96. The SMILES string of the molecule is COC(=O)C1(c2ccc(S(=O)(=O)N(C)C(C)C(=O)O)cc2)CC1. The maximum absolute atomic E-state index is 12.4. The van der Waals surface area contributed by atoms with Crippen LogP contribution in [0.3, 0.4) is 0 Å². The zero-order valence-corrected chi connectivity index (χ0v) is 14.0. The maximum atomic E-state index is 12.4. The number of carboxylic acid groups (broad SMARTS) is 1. The van der Waals surface area contributed by atoms with Crippen molar-refractivity contribution in [1.82, 2.24) is 4.31 Å². The van der Waals surface area contributed by atoms with Crippen LogP contribution >= 0.6 is 0 Å². The number of rotatable bonds is 6. The van der Waals surface area contributed by atoms with Crippen LogP contribution in [0, 0.1) is 0 Å². The van der Waals surface area contributed by atoms with Gasteiger partial charge in [-0.05, 0) is 37.5 Å². The monoisotopic (exact) mass is 341 g/mol. The molecule has 1 unspecified atom stereocenters. The highest BCUT2D eigenvalue weighted by Crippen LogP contribution is 2.49. The molecule has 8 heteroatoms. The number of carboxylic acids is 1. The van der Waals surface area contributed by atoms with Crippen LogP contribution in [0.1, 0.15) is 25.3 Å². The van der Waals surface area contributed by atoms with Gasteiger partial charge in [-0.25, -0.2) is 8.42 Å². The molecule has 1 aliphatic carbocycles. The number of ether oxygens (including phenoxy) is 1. The van der Waals surface area contributed by atoms with Crippen LogP contribution in [0.2, 0.25) is 0 Å². The number of hydrogen-bond acceptors (Lipinski definition) is 5. The Balaban J connectivity index is 2.29. The lowest BCUT2D eigenvalue weighted by molar-refractivity contribution is -0.143. The molecule has 1 N–H and O–H groups in total. The molecule has 1 aromatic carbocycles. The van der Waals surface area contributed by atoms with Gasteiger partial charge in [-0.1, -0.05) is 12.1 Å². The second-order valence-corrected chi connectivity index (χ2v) is 7.63. The van der Waals surface area contributed by atoms with Crippen LogP contribution in [-0.2, 0) is 29.8 Å². The second-order valence-electron chi connectivity index (χ2n) is 5.63. The molecule has 0 amide bonds. The summed E-state index contributed by atoms with van der Waals surface area (Å²) in [5.74, 6) is -1.56. The Morgan fingerprint density at radius 2 is 1.78 bits per heavy atom. The lowest BCUT2D eigenvalue weighted by Crippen LogP contribution is -2.40. The fourth-order valence-corrected chi connectivity index (χ4v) is 3.73. The Bertz CT molecular complexity index is 721. The summed E-state index contributed by atoms with van der Waals surface area (Å²) >= 11 is 0. The van der Waals surface area contributed by atoms with Gasteiger partial charge in [-0.2, -0.15) is 4.31 Å². The molecule has 0 aromatic heterocycles. The molecule has 23 heavy (non-hydrogen) atoms. The molecular formula is C15H19NO6S. The van der Waals surface area contributed by atoms with E-state index in [2.05, 4.69) is 0 Å². The predicted molar refractivity (Wildman–Crippen MR) is 81.4 cm³/mol. The number of benzene rings is 1. The van der Waals surface area contributed by atoms with E-state index in [1.54, 1.807) is 12.1 Å². The van der Waals surface area contributed by atoms with E-state index in [1.165, 1.54) is 33.2 Å². The number of methoxy groups -OCH3 is 1. The molecule has 0 aliphatic heterocycles. The third kappa shape index (κ3) is 2.96. The van der Waals surface area contributed by atoms with Gasteiger partial charge in [0.05, 0.1) is 17.4 Å². The summed E-state index contributed by atoms with van der Waals surface area (Å²) in [7, 11) is -1.37. The van der Waals surface area contributed by atoms with Crippen LogP contribution in [0.15, 0.2) is 29.2 Å². The van der Waals surface area contributed by atoms with Crippen LogP contribution in [0.4, 0.5) is 0 Å². The molecule has 0 bridgehead atoms. The summed E-state index contributed by atoms with van der Waals surface area (Å²) in [6.45, 7) is 1.30. The second kappa shape index (κ2) is 5.93. The van der Waals surface area contributed by atoms with Gasteiger partial charge in [0.2, 0.25) is 10.0 Å². The first-order chi connectivity index (χ1) is 10.7. The van der Waals surface area contributed by atoms with Crippen molar-refractivity contribution in [2.75, 3.05) is 14.2 Å².